The summed E-state index contributed by atoms with van der Waals surface area (Å²) in [6, 6.07) is 8.02. The first-order valence-electron chi connectivity index (χ1n) is 4.69. The van der Waals surface area contributed by atoms with Crippen LogP contribution in [0.4, 0.5) is 0 Å². The molecule has 16 heavy (non-hydrogen) atoms. The lowest BCUT2D eigenvalue weighted by atomic mass is 10.1. The maximum atomic E-state index is 8.53. The van der Waals surface area contributed by atoms with Gasteiger partial charge in [0.25, 0.3) is 0 Å². The molecule has 0 aromatic heterocycles. The molecule has 1 aromatic carbocycles. The van der Waals surface area contributed by atoms with E-state index in [1.54, 1.807) is 0 Å². The number of nitrogens with zero attached hydrogens (tertiary/aromatic N) is 2. The number of hydrogen-bond donors (Lipinski definition) is 1. The van der Waals surface area contributed by atoms with Crippen LogP contribution in [-0.4, -0.2) is 11.4 Å². The van der Waals surface area contributed by atoms with Gasteiger partial charge >= 0.3 is 0 Å². The molecule has 0 heterocycles. The lowest BCUT2D eigenvalue weighted by molar-refractivity contribution is 0.817. The van der Waals surface area contributed by atoms with Crippen LogP contribution in [0.15, 0.2) is 33.7 Å². The molecule has 0 fully saturated rings. The summed E-state index contributed by atoms with van der Waals surface area (Å²) in [5, 5.41) is 11.7. The van der Waals surface area contributed by atoms with E-state index in [0.717, 1.165) is 10.0 Å². The number of amidine groups is 1. The number of halogens is 1. The fourth-order valence-corrected chi connectivity index (χ4v) is 2.03. The van der Waals surface area contributed by atoms with Crippen LogP contribution in [0.1, 0.15) is 18.5 Å². The van der Waals surface area contributed by atoms with E-state index in [1.165, 1.54) is 11.8 Å². The van der Waals surface area contributed by atoms with Gasteiger partial charge in [0.05, 0.1) is 6.04 Å². The Balaban J connectivity index is 2.86. The van der Waals surface area contributed by atoms with Crippen molar-refractivity contribution >= 4 is 32.9 Å². The van der Waals surface area contributed by atoms with Crippen LogP contribution >= 0.6 is 27.7 Å². The van der Waals surface area contributed by atoms with Crippen LogP contribution in [0.2, 0.25) is 0 Å². The summed E-state index contributed by atoms with van der Waals surface area (Å²) in [6.45, 7) is 2.00. The Morgan fingerprint density at radius 2 is 2.38 bits per heavy atom. The number of aliphatic imine (C=N–C) groups is 1. The average Bonchev–Trinajstić information content (AvgIpc) is 2.28. The van der Waals surface area contributed by atoms with Crippen LogP contribution in [0.25, 0.3) is 0 Å². The molecule has 1 N–H and O–H groups in total. The van der Waals surface area contributed by atoms with Gasteiger partial charge in [-0.1, -0.05) is 39.8 Å². The van der Waals surface area contributed by atoms with Gasteiger partial charge in [-0.3, -0.25) is 10.3 Å². The third-order valence-electron chi connectivity index (χ3n) is 2.00. The first kappa shape index (κ1) is 13.1. The number of rotatable bonds is 2. The van der Waals surface area contributed by atoms with Crippen molar-refractivity contribution in [3.05, 3.63) is 34.3 Å². The van der Waals surface area contributed by atoms with E-state index < -0.39 is 0 Å². The summed E-state index contributed by atoms with van der Waals surface area (Å²) < 4.78 is 1.03. The minimum atomic E-state index is 0.0285. The highest BCUT2D eigenvalue weighted by atomic mass is 79.9. The van der Waals surface area contributed by atoms with Crippen LogP contribution in [-0.2, 0) is 0 Å². The maximum Gasteiger partial charge on any atom is 0.183 e. The van der Waals surface area contributed by atoms with Gasteiger partial charge in [0.1, 0.15) is 0 Å². The van der Waals surface area contributed by atoms with Gasteiger partial charge in [0.15, 0.2) is 11.4 Å². The van der Waals surface area contributed by atoms with Crippen molar-refractivity contribution < 1.29 is 0 Å². The molecule has 0 bridgehead atoms. The minimum absolute atomic E-state index is 0.0285. The molecule has 0 amide bonds. The summed E-state index contributed by atoms with van der Waals surface area (Å²) >= 11 is 4.85. The topological polar surface area (TPSA) is 48.2 Å². The predicted octanol–water partition coefficient (Wildman–Crippen LogP) is 3.30. The first-order chi connectivity index (χ1) is 7.67. The van der Waals surface area contributed by atoms with Crippen molar-refractivity contribution in [1.29, 1.82) is 5.26 Å². The number of nitrogens with one attached hydrogen (secondary N) is 1. The maximum absolute atomic E-state index is 8.53. The van der Waals surface area contributed by atoms with E-state index in [4.69, 9.17) is 5.26 Å². The number of nitriles is 1. The van der Waals surface area contributed by atoms with E-state index >= 15 is 0 Å². The van der Waals surface area contributed by atoms with E-state index in [1.807, 2.05) is 43.6 Å². The zero-order valence-corrected chi connectivity index (χ0v) is 11.5. The molecule has 1 aromatic rings. The molecule has 0 spiro atoms. The third-order valence-corrected chi connectivity index (χ3v) is 3.09. The van der Waals surface area contributed by atoms with Crippen molar-refractivity contribution in [2.24, 2.45) is 4.99 Å². The van der Waals surface area contributed by atoms with Crippen LogP contribution in [0.5, 0.6) is 0 Å². The highest BCUT2D eigenvalue weighted by Crippen LogP contribution is 2.21. The Morgan fingerprint density at radius 3 is 2.94 bits per heavy atom. The van der Waals surface area contributed by atoms with Crippen LogP contribution in [0, 0.1) is 11.5 Å². The average molecular weight is 298 g/mol. The van der Waals surface area contributed by atoms with Crippen molar-refractivity contribution in [3.63, 3.8) is 0 Å². The van der Waals surface area contributed by atoms with E-state index in [9.17, 15) is 0 Å². The largest absolute Gasteiger partial charge is 0.272 e. The fraction of sp³-hybridized carbons (Fsp3) is 0.273. The Kier molecular flexibility index (Phi) is 5.36. The summed E-state index contributed by atoms with van der Waals surface area (Å²) in [4.78, 5) is 4.42. The van der Waals surface area contributed by atoms with Crippen molar-refractivity contribution in [1.82, 2.24) is 5.32 Å². The molecular weight excluding hydrogens is 286 g/mol. The Morgan fingerprint density at radius 1 is 1.62 bits per heavy atom. The molecule has 1 rings (SSSR count). The molecule has 5 heteroatoms. The smallest absolute Gasteiger partial charge is 0.183 e. The summed E-state index contributed by atoms with van der Waals surface area (Å²) in [5.74, 6) is 0. The molecule has 3 nitrogen and oxygen atoms in total. The fourth-order valence-electron chi connectivity index (χ4n) is 1.20. The van der Waals surface area contributed by atoms with Crippen molar-refractivity contribution in [3.8, 4) is 6.19 Å². The van der Waals surface area contributed by atoms with Gasteiger partial charge in [0.2, 0.25) is 0 Å². The molecular formula is C11H12BrN3S. The van der Waals surface area contributed by atoms with Gasteiger partial charge < -0.3 is 0 Å². The highest BCUT2D eigenvalue weighted by molar-refractivity contribution is 9.10. The third kappa shape index (κ3) is 3.87. The SMILES string of the molecule is CSC(=NC(C)c1cccc(Br)c1)NC#N. The van der Waals surface area contributed by atoms with Gasteiger partial charge in [-0.15, -0.1) is 0 Å². The van der Waals surface area contributed by atoms with Crippen LogP contribution < -0.4 is 5.32 Å². The lowest BCUT2D eigenvalue weighted by Gasteiger charge is -2.09. The number of benzene rings is 1. The second kappa shape index (κ2) is 6.56. The Hall–Kier alpha value is -0.990. The van der Waals surface area contributed by atoms with Crippen LogP contribution in [0.3, 0.4) is 0 Å². The standard InChI is InChI=1S/C11H12BrN3S/c1-8(15-11(16-2)14-7-13)9-4-3-5-10(12)6-9/h3-6,8H,1-2H3,(H,14,15). The van der Waals surface area contributed by atoms with Crippen molar-refractivity contribution in [2.75, 3.05) is 6.26 Å². The van der Waals surface area contributed by atoms with Gasteiger partial charge in [-0.05, 0) is 30.9 Å². The van der Waals surface area contributed by atoms with Gasteiger partial charge in [-0.25, -0.2) is 0 Å². The molecule has 0 aliphatic rings. The molecule has 0 aliphatic heterocycles. The number of thioether (sulfide) groups is 1. The first-order valence-corrected chi connectivity index (χ1v) is 6.71. The molecule has 1 unspecified atom stereocenters. The Bertz CT molecular complexity index is 425. The summed E-state index contributed by atoms with van der Waals surface area (Å²) in [6.07, 6.45) is 3.76. The molecule has 0 saturated carbocycles. The monoisotopic (exact) mass is 297 g/mol. The predicted molar refractivity (Wildman–Crippen MR) is 72.3 cm³/mol. The van der Waals surface area contributed by atoms with Crippen molar-refractivity contribution in [2.45, 2.75) is 13.0 Å². The quantitative estimate of drug-likeness (QED) is 0.394. The van der Waals surface area contributed by atoms with Gasteiger partial charge in [-0.2, -0.15) is 5.26 Å². The van der Waals surface area contributed by atoms with E-state index in [0.29, 0.717) is 5.17 Å². The van der Waals surface area contributed by atoms with E-state index in [2.05, 4.69) is 26.2 Å². The summed E-state index contributed by atoms with van der Waals surface area (Å²) in [5.41, 5.74) is 1.11. The lowest BCUT2D eigenvalue weighted by Crippen LogP contribution is -2.14. The highest BCUT2D eigenvalue weighted by Gasteiger charge is 2.05. The second-order valence-electron chi connectivity index (χ2n) is 3.11. The molecule has 0 radical (unpaired) electrons. The zero-order chi connectivity index (χ0) is 12.0. The molecule has 0 saturated heterocycles. The Labute approximate surface area is 108 Å². The zero-order valence-electron chi connectivity index (χ0n) is 9.07. The molecule has 84 valence electrons. The number of hydrogen-bond acceptors (Lipinski definition) is 3. The van der Waals surface area contributed by atoms with E-state index in [-0.39, 0.29) is 6.04 Å². The minimum Gasteiger partial charge on any atom is -0.272 e. The van der Waals surface area contributed by atoms with Gasteiger partial charge in [0, 0.05) is 4.47 Å². The molecule has 0 aliphatic carbocycles. The summed E-state index contributed by atoms with van der Waals surface area (Å²) in [7, 11) is 0. The second-order valence-corrected chi connectivity index (χ2v) is 4.82. The normalized spacial score (nSPS) is 13.0. The molecule has 1 atom stereocenters.